The molecule has 1 saturated heterocycles. The summed E-state index contributed by atoms with van der Waals surface area (Å²) < 4.78 is 19.6. The van der Waals surface area contributed by atoms with Crippen molar-refractivity contribution in [3.8, 4) is 5.75 Å². The summed E-state index contributed by atoms with van der Waals surface area (Å²) in [6.45, 7) is 0.248. The molecule has 0 spiro atoms. The second kappa shape index (κ2) is 7.06. The molecule has 0 saturated carbocycles. The summed E-state index contributed by atoms with van der Waals surface area (Å²) in [4.78, 5) is 24.6. The second-order valence-corrected chi connectivity index (χ2v) is 6.37. The van der Waals surface area contributed by atoms with Crippen LogP contribution in [-0.2, 0) is 11.4 Å². The Labute approximate surface area is 152 Å². The van der Waals surface area contributed by atoms with Crippen molar-refractivity contribution >= 4 is 33.9 Å². The first-order valence-corrected chi connectivity index (χ1v) is 8.21. The number of hydrogen-bond donors (Lipinski definition) is 1. The largest absolute Gasteiger partial charge is 0.488 e. The third-order valence-corrected chi connectivity index (χ3v) is 4.15. The Bertz CT molecular complexity index is 865. The van der Waals surface area contributed by atoms with Gasteiger partial charge in [-0.15, -0.1) is 0 Å². The molecule has 5 nitrogen and oxygen atoms in total. The number of halogens is 2. The van der Waals surface area contributed by atoms with Crippen LogP contribution in [0.25, 0.3) is 6.08 Å². The summed E-state index contributed by atoms with van der Waals surface area (Å²) in [6, 6.07) is 10.9. The molecular formula is C18H14BrFN2O3. The molecular weight excluding hydrogens is 391 g/mol. The zero-order valence-corrected chi connectivity index (χ0v) is 14.8. The van der Waals surface area contributed by atoms with Crippen LogP contribution in [0.1, 0.15) is 11.1 Å². The fraction of sp³-hybridized carbons (Fsp3) is 0.111. The SMILES string of the molecule is CN1C(=O)N/C(=C/c2cc(Br)ccc2OCc2ccc(F)cc2)C1=O. The smallest absolute Gasteiger partial charge is 0.328 e. The number of urea groups is 1. The van der Waals surface area contributed by atoms with Crippen LogP contribution in [0.2, 0.25) is 0 Å². The minimum Gasteiger partial charge on any atom is -0.488 e. The number of carbonyl (C=O) groups excluding carboxylic acids is 2. The lowest BCUT2D eigenvalue weighted by Crippen LogP contribution is -2.25. The zero-order chi connectivity index (χ0) is 18.0. The van der Waals surface area contributed by atoms with E-state index in [-0.39, 0.29) is 18.1 Å². The van der Waals surface area contributed by atoms with Crippen LogP contribution in [0.3, 0.4) is 0 Å². The number of amides is 3. The van der Waals surface area contributed by atoms with E-state index in [2.05, 4.69) is 21.2 Å². The lowest BCUT2D eigenvalue weighted by atomic mass is 10.1. The summed E-state index contributed by atoms with van der Waals surface area (Å²) in [5, 5.41) is 2.51. The molecule has 1 N–H and O–H groups in total. The van der Waals surface area contributed by atoms with Gasteiger partial charge >= 0.3 is 6.03 Å². The first-order valence-electron chi connectivity index (χ1n) is 7.41. The van der Waals surface area contributed by atoms with Gasteiger partial charge in [-0.25, -0.2) is 9.18 Å². The van der Waals surface area contributed by atoms with Crippen molar-refractivity contribution in [2.24, 2.45) is 0 Å². The third kappa shape index (κ3) is 3.88. The van der Waals surface area contributed by atoms with Gasteiger partial charge in [-0.1, -0.05) is 28.1 Å². The van der Waals surface area contributed by atoms with Crippen molar-refractivity contribution < 1.29 is 18.7 Å². The molecule has 128 valence electrons. The number of ether oxygens (including phenoxy) is 1. The van der Waals surface area contributed by atoms with Crippen molar-refractivity contribution in [2.75, 3.05) is 7.05 Å². The number of likely N-dealkylation sites (N-methyl/N-ethyl adjacent to an activating group) is 1. The Morgan fingerprint density at radius 1 is 1.20 bits per heavy atom. The van der Waals surface area contributed by atoms with E-state index in [4.69, 9.17) is 4.74 Å². The normalized spacial score (nSPS) is 15.6. The highest BCUT2D eigenvalue weighted by Crippen LogP contribution is 2.27. The van der Waals surface area contributed by atoms with Crippen molar-refractivity contribution in [1.29, 1.82) is 0 Å². The average molecular weight is 405 g/mol. The van der Waals surface area contributed by atoms with Crippen molar-refractivity contribution in [3.63, 3.8) is 0 Å². The Hall–Kier alpha value is -2.67. The molecule has 0 unspecified atom stereocenters. The molecule has 0 aromatic heterocycles. The van der Waals surface area contributed by atoms with Gasteiger partial charge in [-0.3, -0.25) is 9.69 Å². The van der Waals surface area contributed by atoms with Gasteiger partial charge in [-0.05, 0) is 42.0 Å². The van der Waals surface area contributed by atoms with Gasteiger partial charge in [0, 0.05) is 17.1 Å². The molecule has 0 atom stereocenters. The van der Waals surface area contributed by atoms with Crippen molar-refractivity contribution in [3.05, 3.63) is 69.6 Å². The minimum atomic E-state index is -0.472. The highest BCUT2D eigenvalue weighted by atomic mass is 79.9. The highest BCUT2D eigenvalue weighted by molar-refractivity contribution is 9.10. The van der Waals surface area contributed by atoms with Crippen LogP contribution in [-0.4, -0.2) is 23.9 Å². The number of rotatable bonds is 4. The average Bonchev–Trinajstić information content (AvgIpc) is 2.83. The maximum absolute atomic E-state index is 13.0. The van der Waals surface area contributed by atoms with Gasteiger partial charge in [0.1, 0.15) is 23.9 Å². The molecule has 3 amide bonds. The molecule has 2 aromatic rings. The summed E-state index contributed by atoms with van der Waals surface area (Å²) in [5.74, 6) is -0.177. The standard InChI is InChI=1S/C18H14BrFN2O3/c1-22-17(23)15(21-18(22)24)9-12-8-13(19)4-7-16(12)25-10-11-2-5-14(20)6-3-11/h2-9H,10H2,1H3,(H,21,24)/b15-9+. The Balaban J connectivity index is 1.84. The third-order valence-electron chi connectivity index (χ3n) is 3.66. The molecule has 3 rings (SSSR count). The van der Waals surface area contributed by atoms with Crippen LogP contribution in [0.15, 0.2) is 52.6 Å². The molecule has 25 heavy (non-hydrogen) atoms. The van der Waals surface area contributed by atoms with Crippen LogP contribution in [0.4, 0.5) is 9.18 Å². The quantitative estimate of drug-likeness (QED) is 0.624. The van der Waals surface area contributed by atoms with E-state index in [0.717, 1.165) is 14.9 Å². The number of hydrogen-bond acceptors (Lipinski definition) is 3. The number of benzene rings is 2. The van der Waals surface area contributed by atoms with E-state index in [0.29, 0.717) is 11.3 Å². The fourth-order valence-corrected chi connectivity index (χ4v) is 2.66. The van der Waals surface area contributed by atoms with Gasteiger partial charge < -0.3 is 10.1 Å². The van der Waals surface area contributed by atoms with Gasteiger partial charge in [0.05, 0.1) is 0 Å². The van der Waals surface area contributed by atoms with E-state index in [9.17, 15) is 14.0 Å². The first-order chi connectivity index (χ1) is 11.9. The number of imide groups is 1. The minimum absolute atomic E-state index is 0.178. The maximum Gasteiger partial charge on any atom is 0.328 e. The van der Waals surface area contributed by atoms with Gasteiger partial charge in [-0.2, -0.15) is 0 Å². The molecule has 1 aliphatic heterocycles. The van der Waals surface area contributed by atoms with Crippen LogP contribution < -0.4 is 10.1 Å². The summed E-state index contributed by atoms with van der Waals surface area (Å²) >= 11 is 3.38. The second-order valence-electron chi connectivity index (χ2n) is 5.45. The lowest BCUT2D eigenvalue weighted by Gasteiger charge is -2.10. The molecule has 7 heteroatoms. The Morgan fingerprint density at radius 2 is 1.92 bits per heavy atom. The van der Waals surface area contributed by atoms with E-state index in [1.165, 1.54) is 19.2 Å². The predicted octanol–water partition coefficient (Wildman–Crippen LogP) is 3.69. The lowest BCUT2D eigenvalue weighted by molar-refractivity contribution is -0.121. The van der Waals surface area contributed by atoms with E-state index in [1.54, 1.807) is 30.3 Å². The summed E-state index contributed by atoms with van der Waals surface area (Å²) in [5.41, 5.74) is 1.63. The van der Waals surface area contributed by atoms with Crippen molar-refractivity contribution in [2.45, 2.75) is 6.61 Å². The summed E-state index contributed by atoms with van der Waals surface area (Å²) in [6.07, 6.45) is 1.56. The van der Waals surface area contributed by atoms with E-state index < -0.39 is 11.9 Å². The molecule has 1 heterocycles. The van der Waals surface area contributed by atoms with E-state index in [1.807, 2.05) is 6.07 Å². The topological polar surface area (TPSA) is 58.6 Å². The fourth-order valence-electron chi connectivity index (χ4n) is 2.28. The molecule has 0 bridgehead atoms. The summed E-state index contributed by atoms with van der Waals surface area (Å²) in [7, 11) is 1.41. The van der Waals surface area contributed by atoms with Gasteiger partial charge in [0.2, 0.25) is 0 Å². The van der Waals surface area contributed by atoms with Crippen LogP contribution in [0.5, 0.6) is 5.75 Å². The predicted molar refractivity (Wildman–Crippen MR) is 94.2 cm³/mol. The van der Waals surface area contributed by atoms with Gasteiger partial charge in [0.25, 0.3) is 5.91 Å². The van der Waals surface area contributed by atoms with Crippen LogP contribution >= 0.6 is 15.9 Å². The maximum atomic E-state index is 13.0. The Kier molecular flexibility index (Phi) is 4.85. The zero-order valence-electron chi connectivity index (χ0n) is 13.3. The van der Waals surface area contributed by atoms with Gasteiger partial charge in [0.15, 0.2) is 0 Å². The van der Waals surface area contributed by atoms with Crippen LogP contribution in [0, 0.1) is 5.82 Å². The number of nitrogens with zero attached hydrogens (tertiary/aromatic N) is 1. The van der Waals surface area contributed by atoms with Crippen molar-refractivity contribution in [1.82, 2.24) is 10.2 Å². The monoisotopic (exact) mass is 404 g/mol. The number of carbonyl (C=O) groups is 2. The van der Waals surface area contributed by atoms with E-state index >= 15 is 0 Å². The molecule has 1 fully saturated rings. The number of nitrogens with one attached hydrogen (secondary N) is 1. The first kappa shape index (κ1) is 17.2. The molecule has 2 aromatic carbocycles. The Morgan fingerprint density at radius 3 is 2.56 bits per heavy atom. The molecule has 1 aliphatic rings. The molecule has 0 aliphatic carbocycles. The highest BCUT2D eigenvalue weighted by Gasteiger charge is 2.30. The molecule has 0 radical (unpaired) electrons.